The van der Waals surface area contributed by atoms with Crippen LogP contribution in [-0.4, -0.2) is 16.7 Å². The van der Waals surface area contributed by atoms with Crippen molar-refractivity contribution in [3.05, 3.63) is 62.0 Å². The van der Waals surface area contributed by atoms with Gasteiger partial charge < -0.3 is 10.3 Å². The highest BCUT2D eigenvalue weighted by Crippen LogP contribution is 2.62. The van der Waals surface area contributed by atoms with Crippen molar-refractivity contribution in [1.29, 1.82) is 0 Å². The maximum absolute atomic E-state index is 13.3. The lowest BCUT2D eigenvalue weighted by Crippen LogP contribution is -2.44. The highest BCUT2D eigenvalue weighted by molar-refractivity contribution is 6.30. The molecular formula is C30H35ClN2O3. The number of anilines is 1. The van der Waals surface area contributed by atoms with Crippen molar-refractivity contribution in [2.24, 2.45) is 23.2 Å². The van der Waals surface area contributed by atoms with Crippen LogP contribution in [0.2, 0.25) is 5.02 Å². The summed E-state index contributed by atoms with van der Waals surface area (Å²) in [5, 5.41) is 3.67. The third-order valence-electron chi connectivity index (χ3n) is 9.89. The lowest BCUT2D eigenvalue weighted by Gasteiger charge is -2.50. The Morgan fingerprint density at radius 2 is 1.94 bits per heavy atom. The molecule has 5 nitrogen and oxygen atoms in total. The predicted octanol–water partition coefficient (Wildman–Crippen LogP) is 5.98. The van der Waals surface area contributed by atoms with Crippen LogP contribution in [0.15, 0.2) is 29.1 Å². The fraction of sp³-hybridized carbons (Fsp3) is 0.567. The molecule has 1 aromatic carbocycles. The summed E-state index contributed by atoms with van der Waals surface area (Å²) in [5.41, 5.74) is 4.79. The number of rotatable bonds is 4. The fourth-order valence-corrected chi connectivity index (χ4v) is 8.37. The molecule has 1 amide bonds. The number of carbonyl (C=O) groups is 2. The number of pyridine rings is 1. The van der Waals surface area contributed by atoms with Crippen LogP contribution in [-0.2, 0) is 28.9 Å². The maximum Gasteiger partial charge on any atom is 0.271 e. The molecule has 2 saturated carbocycles. The van der Waals surface area contributed by atoms with Gasteiger partial charge in [-0.3, -0.25) is 14.4 Å². The number of hydrogen-bond acceptors (Lipinski definition) is 3. The minimum absolute atomic E-state index is 0.131. The highest BCUT2D eigenvalue weighted by Gasteiger charge is 2.58. The number of Topliss-reactive ketones (excluding diaryl/α,β-unsaturated/α-hetero) is 1. The van der Waals surface area contributed by atoms with Crippen molar-refractivity contribution in [2.45, 2.75) is 83.5 Å². The third-order valence-corrected chi connectivity index (χ3v) is 10.1. The van der Waals surface area contributed by atoms with Gasteiger partial charge in [-0.05, 0) is 116 Å². The molecule has 0 saturated heterocycles. The molecular weight excluding hydrogens is 472 g/mol. The van der Waals surface area contributed by atoms with Gasteiger partial charge in [0.05, 0.1) is 0 Å². The van der Waals surface area contributed by atoms with Crippen LogP contribution in [0, 0.1) is 23.2 Å². The lowest BCUT2D eigenvalue weighted by atomic mass is 9.54. The number of nitrogens with one attached hydrogen (secondary N) is 2. The van der Waals surface area contributed by atoms with Crippen LogP contribution in [0.25, 0.3) is 0 Å². The van der Waals surface area contributed by atoms with Gasteiger partial charge in [-0.25, -0.2) is 0 Å². The zero-order valence-corrected chi connectivity index (χ0v) is 21.8. The molecule has 1 aromatic heterocycles. The Bertz CT molecular complexity index is 1280. The number of halogens is 1. The average molecular weight is 507 g/mol. The smallest absolute Gasteiger partial charge is 0.271 e. The van der Waals surface area contributed by atoms with Crippen LogP contribution in [0.3, 0.4) is 0 Å². The number of aromatic nitrogens is 1. The number of amides is 1. The van der Waals surface area contributed by atoms with E-state index in [1.807, 2.05) is 12.1 Å². The quantitative estimate of drug-likeness (QED) is 0.535. The molecule has 2 fully saturated rings. The van der Waals surface area contributed by atoms with Gasteiger partial charge in [0.2, 0.25) is 5.91 Å². The first-order valence-electron chi connectivity index (χ1n) is 13.7. The summed E-state index contributed by atoms with van der Waals surface area (Å²) in [7, 11) is 0. The predicted molar refractivity (Wildman–Crippen MR) is 142 cm³/mol. The standard InChI is InChI=1S/C30H35ClN2O3/c1-30-13-12-22-21-10-8-20(31)14-17(21)6-9-23(22)28(30)19(16-26(30)34)7-11-27(35)32-25-15-18-4-2-3-5-24(18)33-29(25)36/h8,10,14-15,19,22-23,28H,2-7,9,11-13,16H2,1H3,(H,32,35)(H,33,36)/t19-,22?,23?,28?,30-/m1/s1. The molecule has 0 aliphatic heterocycles. The van der Waals surface area contributed by atoms with Gasteiger partial charge in [0.1, 0.15) is 11.5 Å². The number of ketones is 1. The van der Waals surface area contributed by atoms with Crippen LogP contribution in [0.5, 0.6) is 0 Å². The lowest BCUT2D eigenvalue weighted by molar-refractivity contribution is -0.129. The molecule has 4 aliphatic carbocycles. The highest BCUT2D eigenvalue weighted by atomic mass is 35.5. The van der Waals surface area contributed by atoms with E-state index in [-0.39, 0.29) is 22.8 Å². The number of H-pyrrole nitrogens is 1. The third kappa shape index (κ3) is 4.04. The summed E-state index contributed by atoms with van der Waals surface area (Å²) in [5.74, 6) is 1.72. The van der Waals surface area contributed by atoms with E-state index in [1.54, 1.807) is 0 Å². The number of fused-ring (bicyclic) bond motifs is 6. The Kier molecular flexibility index (Phi) is 6.10. The van der Waals surface area contributed by atoms with E-state index in [4.69, 9.17) is 11.6 Å². The Hall–Kier alpha value is -2.40. The molecule has 190 valence electrons. The molecule has 0 radical (unpaired) electrons. The Balaban J connectivity index is 1.17. The van der Waals surface area contributed by atoms with E-state index in [0.29, 0.717) is 48.5 Å². The van der Waals surface area contributed by atoms with Gasteiger partial charge in [0, 0.05) is 29.0 Å². The monoisotopic (exact) mass is 506 g/mol. The summed E-state index contributed by atoms with van der Waals surface area (Å²) in [6.07, 6.45) is 9.71. The molecule has 0 spiro atoms. The van der Waals surface area contributed by atoms with E-state index < -0.39 is 0 Å². The summed E-state index contributed by atoms with van der Waals surface area (Å²) < 4.78 is 0. The average Bonchev–Trinajstić information content (AvgIpc) is 3.12. The summed E-state index contributed by atoms with van der Waals surface area (Å²) in [6.45, 7) is 2.18. The topological polar surface area (TPSA) is 79.0 Å². The molecule has 36 heavy (non-hydrogen) atoms. The van der Waals surface area contributed by atoms with Crippen LogP contribution in [0.1, 0.15) is 86.6 Å². The molecule has 5 atom stereocenters. The molecule has 0 bridgehead atoms. The van der Waals surface area contributed by atoms with E-state index in [2.05, 4.69) is 29.4 Å². The summed E-state index contributed by atoms with van der Waals surface area (Å²) >= 11 is 6.27. The minimum atomic E-state index is -0.276. The molecule has 6 heteroatoms. The maximum atomic E-state index is 13.3. The number of aromatic amines is 1. The SMILES string of the molecule is C[C@]12CCC3c4ccc(Cl)cc4CCC3C1[C@H](CCC(=O)Nc1cc3c([nH]c1=O)CCCC3)CC2=O. The van der Waals surface area contributed by atoms with E-state index in [1.165, 1.54) is 11.1 Å². The first-order valence-corrected chi connectivity index (χ1v) is 14.1. The van der Waals surface area contributed by atoms with Gasteiger partial charge >= 0.3 is 0 Å². The van der Waals surface area contributed by atoms with Crippen molar-refractivity contribution in [3.63, 3.8) is 0 Å². The Morgan fingerprint density at radius 1 is 1.11 bits per heavy atom. The van der Waals surface area contributed by atoms with Gasteiger partial charge in [0.25, 0.3) is 5.56 Å². The minimum Gasteiger partial charge on any atom is -0.324 e. The normalized spacial score (nSPS) is 30.7. The van der Waals surface area contributed by atoms with E-state index >= 15 is 0 Å². The second-order valence-electron chi connectivity index (χ2n) is 11.8. The molecule has 2 aromatic rings. The fourth-order valence-electron chi connectivity index (χ4n) is 8.17. The summed E-state index contributed by atoms with van der Waals surface area (Å²) in [6, 6.07) is 8.18. The van der Waals surface area contributed by atoms with Gasteiger partial charge in [-0.15, -0.1) is 0 Å². The molecule has 6 rings (SSSR count). The van der Waals surface area contributed by atoms with E-state index in [9.17, 15) is 14.4 Å². The largest absolute Gasteiger partial charge is 0.324 e. The van der Waals surface area contributed by atoms with Gasteiger partial charge in [-0.1, -0.05) is 24.6 Å². The first-order chi connectivity index (χ1) is 17.3. The van der Waals surface area contributed by atoms with Crippen molar-refractivity contribution >= 4 is 29.0 Å². The van der Waals surface area contributed by atoms with E-state index in [0.717, 1.165) is 67.6 Å². The number of benzene rings is 1. The summed E-state index contributed by atoms with van der Waals surface area (Å²) in [4.78, 5) is 41.7. The van der Waals surface area contributed by atoms with Crippen LogP contribution in [0.4, 0.5) is 5.69 Å². The van der Waals surface area contributed by atoms with Gasteiger partial charge in [0.15, 0.2) is 0 Å². The second kappa shape index (κ2) is 9.16. The Labute approximate surface area is 217 Å². The van der Waals surface area contributed by atoms with Crippen molar-refractivity contribution < 1.29 is 9.59 Å². The van der Waals surface area contributed by atoms with Crippen LogP contribution >= 0.6 is 11.6 Å². The molecule has 2 N–H and O–H groups in total. The van der Waals surface area contributed by atoms with Crippen LogP contribution < -0.4 is 10.9 Å². The number of aryl methyl sites for hydroxylation is 3. The molecule has 4 aliphatic rings. The van der Waals surface area contributed by atoms with Crippen molar-refractivity contribution in [2.75, 3.05) is 5.32 Å². The second-order valence-corrected chi connectivity index (χ2v) is 12.3. The van der Waals surface area contributed by atoms with Crippen molar-refractivity contribution in [1.82, 2.24) is 4.98 Å². The van der Waals surface area contributed by atoms with Crippen molar-refractivity contribution in [3.8, 4) is 0 Å². The molecule has 1 heterocycles. The number of carbonyl (C=O) groups excluding carboxylic acids is 2. The number of hydrogen-bond donors (Lipinski definition) is 2. The molecule has 3 unspecified atom stereocenters. The zero-order valence-electron chi connectivity index (χ0n) is 21.0. The zero-order chi connectivity index (χ0) is 25.0. The van der Waals surface area contributed by atoms with Gasteiger partial charge in [-0.2, -0.15) is 0 Å². The first kappa shape index (κ1) is 24.0. The Morgan fingerprint density at radius 3 is 2.81 bits per heavy atom.